The van der Waals surface area contributed by atoms with Gasteiger partial charge in [-0.15, -0.1) is 0 Å². The summed E-state index contributed by atoms with van der Waals surface area (Å²) in [6.07, 6.45) is 0. The largest absolute Gasteiger partial charge is 0.325 e. The number of carbonyl (C=O) groups is 1. The van der Waals surface area contributed by atoms with Crippen LogP contribution < -0.4 is 10.5 Å². The number of aromatic nitrogens is 2. The number of primary sulfonamides is 1. The minimum atomic E-state index is -3.85. The molecule has 0 fully saturated rings. The average molecular weight is 495 g/mol. The van der Waals surface area contributed by atoms with Crippen LogP contribution in [-0.4, -0.2) is 23.9 Å². The van der Waals surface area contributed by atoms with Gasteiger partial charge in [-0.05, 0) is 61.7 Å². The molecule has 3 N–H and O–H groups in total. The third-order valence-corrected chi connectivity index (χ3v) is 7.70. The lowest BCUT2D eigenvalue weighted by molar-refractivity contribution is -0.115. The highest BCUT2D eigenvalue weighted by Gasteiger charge is 2.26. The number of anilines is 1. The standard InChI is InChI=1S/C25H26N4O3S2/c1-4-29-22-13-12-19(34(26,31)32)15-21(22)28-25(29)33-23(18-8-6-5-7-9-18)24(30)27-20-14-16(2)10-11-17(20)3/h5-15,23H,4H2,1-3H3,(H,27,30)(H2,26,31,32). The fraction of sp³-hybridized carbons (Fsp3) is 0.200. The molecule has 4 rings (SSSR count). The first-order chi connectivity index (χ1) is 16.2. The van der Waals surface area contributed by atoms with E-state index in [-0.39, 0.29) is 10.8 Å². The molecular formula is C25H26N4O3S2. The summed E-state index contributed by atoms with van der Waals surface area (Å²) in [5, 5.41) is 8.43. The summed E-state index contributed by atoms with van der Waals surface area (Å²) in [7, 11) is -3.85. The lowest BCUT2D eigenvalue weighted by Crippen LogP contribution is -2.20. The molecule has 34 heavy (non-hydrogen) atoms. The predicted octanol–water partition coefficient (Wildman–Crippen LogP) is 4.79. The normalized spacial score (nSPS) is 12.6. The van der Waals surface area contributed by atoms with Crippen LogP contribution in [0.2, 0.25) is 0 Å². The Morgan fingerprint density at radius 3 is 2.50 bits per heavy atom. The summed E-state index contributed by atoms with van der Waals surface area (Å²) in [5.41, 5.74) is 4.94. The third kappa shape index (κ3) is 5.01. The van der Waals surface area contributed by atoms with Crippen molar-refractivity contribution >= 4 is 44.4 Å². The van der Waals surface area contributed by atoms with Crippen molar-refractivity contribution in [1.82, 2.24) is 9.55 Å². The van der Waals surface area contributed by atoms with E-state index >= 15 is 0 Å². The Morgan fingerprint density at radius 2 is 1.82 bits per heavy atom. The molecule has 3 aromatic carbocycles. The van der Waals surface area contributed by atoms with Gasteiger partial charge in [-0.3, -0.25) is 4.79 Å². The Morgan fingerprint density at radius 1 is 1.09 bits per heavy atom. The van der Waals surface area contributed by atoms with Crippen molar-refractivity contribution in [3.05, 3.63) is 83.4 Å². The zero-order valence-corrected chi connectivity index (χ0v) is 20.8. The van der Waals surface area contributed by atoms with Crippen LogP contribution in [-0.2, 0) is 21.4 Å². The number of hydrogen-bond acceptors (Lipinski definition) is 5. The molecule has 4 aromatic rings. The lowest BCUT2D eigenvalue weighted by atomic mass is 10.1. The highest BCUT2D eigenvalue weighted by atomic mass is 32.2. The molecule has 0 aliphatic carbocycles. The van der Waals surface area contributed by atoms with Crippen LogP contribution in [0.4, 0.5) is 5.69 Å². The topological polar surface area (TPSA) is 107 Å². The van der Waals surface area contributed by atoms with Gasteiger partial charge in [0.25, 0.3) is 0 Å². The molecule has 176 valence electrons. The van der Waals surface area contributed by atoms with Crippen molar-refractivity contribution in [2.45, 2.75) is 42.6 Å². The average Bonchev–Trinajstić information content (AvgIpc) is 3.16. The number of aryl methyl sites for hydroxylation is 3. The van der Waals surface area contributed by atoms with Gasteiger partial charge in [0.05, 0.1) is 15.9 Å². The van der Waals surface area contributed by atoms with Crippen molar-refractivity contribution in [3.8, 4) is 0 Å². The van der Waals surface area contributed by atoms with Gasteiger partial charge >= 0.3 is 0 Å². The van der Waals surface area contributed by atoms with Gasteiger partial charge in [0.1, 0.15) is 5.25 Å². The van der Waals surface area contributed by atoms with E-state index in [0.29, 0.717) is 17.2 Å². The quantitative estimate of drug-likeness (QED) is 0.359. The second kappa shape index (κ2) is 9.61. The van der Waals surface area contributed by atoms with Crippen LogP contribution in [0, 0.1) is 13.8 Å². The number of nitrogens with zero attached hydrogens (tertiary/aromatic N) is 2. The van der Waals surface area contributed by atoms with E-state index < -0.39 is 15.3 Å². The first kappa shape index (κ1) is 24.0. The maximum Gasteiger partial charge on any atom is 0.242 e. The maximum absolute atomic E-state index is 13.5. The minimum Gasteiger partial charge on any atom is -0.325 e. The summed E-state index contributed by atoms with van der Waals surface area (Å²) in [5.74, 6) is -0.162. The molecule has 0 aliphatic heterocycles. The third-order valence-electron chi connectivity index (χ3n) is 5.54. The number of nitrogens with two attached hydrogens (primary N) is 1. The van der Waals surface area contributed by atoms with E-state index in [9.17, 15) is 13.2 Å². The van der Waals surface area contributed by atoms with E-state index in [1.807, 2.05) is 73.9 Å². The van der Waals surface area contributed by atoms with Gasteiger partial charge < -0.3 is 9.88 Å². The lowest BCUT2D eigenvalue weighted by Gasteiger charge is -2.18. The molecule has 9 heteroatoms. The van der Waals surface area contributed by atoms with Crippen LogP contribution in [0.5, 0.6) is 0 Å². The molecule has 0 spiro atoms. The highest BCUT2D eigenvalue weighted by molar-refractivity contribution is 8.00. The van der Waals surface area contributed by atoms with E-state index in [4.69, 9.17) is 5.14 Å². The Kier molecular flexibility index (Phi) is 6.79. The van der Waals surface area contributed by atoms with Gasteiger partial charge in [0.2, 0.25) is 15.9 Å². The number of amides is 1. The molecule has 7 nitrogen and oxygen atoms in total. The summed E-state index contributed by atoms with van der Waals surface area (Å²) in [6.45, 7) is 6.53. The number of thioether (sulfide) groups is 1. The fourth-order valence-electron chi connectivity index (χ4n) is 3.74. The van der Waals surface area contributed by atoms with Crippen molar-refractivity contribution in [2.75, 3.05) is 5.32 Å². The molecule has 1 amide bonds. The fourth-order valence-corrected chi connectivity index (χ4v) is 5.44. The van der Waals surface area contributed by atoms with Gasteiger partial charge in [-0.2, -0.15) is 0 Å². The number of imidazole rings is 1. The maximum atomic E-state index is 13.5. The van der Waals surface area contributed by atoms with Crippen molar-refractivity contribution < 1.29 is 13.2 Å². The van der Waals surface area contributed by atoms with Crippen LogP contribution in [0.15, 0.2) is 76.8 Å². The van der Waals surface area contributed by atoms with Crippen LogP contribution in [0.1, 0.15) is 28.9 Å². The molecule has 1 unspecified atom stereocenters. The highest BCUT2D eigenvalue weighted by Crippen LogP contribution is 2.38. The van der Waals surface area contributed by atoms with E-state index in [2.05, 4.69) is 10.3 Å². The van der Waals surface area contributed by atoms with E-state index in [1.165, 1.54) is 23.9 Å². The van der Waals surface area contributed by atoms with E-state index in [0.717, 1.165) is 27.9 Å². The summed E-state index contributed by atoms with van der Waals surface area (Å²) < 4.78 is 25.6. The van der Waals surface area contributed by atoms with Crippen molar-refractivity contribution in [2.24, 2.45) is 5.14 Å². The SMILES string of the molecule is CCn1c(SC(C(=O)Nc2cc(C)ccc2C)c2ccccc2)nc2cc(S(N)(=O)=O)ccc21. The molecule has 0 aliphatic rings. The molecule has 0 radical (unpaired) electrons. The van der Waals surface area contributed by atoms with Gasteiger partial charge in [-0.1, -0.05) is 54.2 Å². The minimum absolute atomic E-state index is 0.00424. The summed E-state index contributed by atoms with van der Waals surface area (Å²) in [4.78, 5) is 18.2. The zero-order chi connectivity index (χ0) is 24.5. The van der Waals surface area contributed by atoms with Gasteiger partial charge in [0, 0.05) is 12.2 Å². The second-order valence-electron chi connectivity index (χ2n) is 8.05. The second-order valence-corrected chi connectivity index (χ2v) is 10.7. The molecular weight excluding hydrogens is 468 g/mol. The number of rotatable bonds is 7. The Hall–Kier alpha value is -3.14. The van der Waals surface area contributed by atoms with E-state index in [1.54, 1.807) is 6.07 Å². The van der Waals surface area contributed by atoms with Crippen LogP contribution in [0.25, 0.3) is 11.0 Å². The monoisotopic (exact) mass is 494 g/mol. The van der Waals surface area contributed by atoms with Gasteiger partial charge in [0.15, 0.2) is 5.16 Å². The Bertz CT molecular complexity index is 1460. The number of sulfonamides is 1. The Balaban J connectivity index is 1.74. The predicted molar refractivity (Wildman–Crippen MR) is 136 cm³/mol. The zero-order valence-electron chi connectivity index (χ0n) is 19.1. The number of carbonyl (C=O) groups excluding carboxylic acids is 1. The number of benzene rings is 3. The molecule has 0 saturated carbocycles. The number of hydrogen-bond donors (Lipinski definition) is 2. The molecule has 1 aromatic heterocycles. The Labute approximate surface area is 203 Å². The van der Waals surface area contributed by atoms with Crippen LogP contribution >= 0.6 is 11.8 Å². The van der Waals surface area contributed by atoms with Crippen molar-refractivity contribution in [1.29, 1.82) is 0 Å². The summed E-state index contributed by atoms with van der Waals surface area (Å²) >= 11 is 1.33. The molecule has 0 bridgehead atoms. The van der Waals surface area contributed by atoms with Crippen molar-refractivity contribution in [3.63, 3.8) is 0 Å². The van der Waals surface area contributed by atoms with Gasteiger partial charge in [-0.25, -0.2) is 18.5 Å². The number of fused-ring (bicyclic) bond motifs is 1. The summed E-state index contributed by atoms with van der Waals surface area (Å²) in [6, 6.07) is 20.1. The number of nitrogens with one attached hydrogen (secondary N) is 1. The molecule has 1 atom stereocenters. The first-order valence-corrected chi connectivity index (χ1v) is 13.2. The molecule has 1 heterocycles. The van der Waals surface area contributed by atoms with Crippen LogP contribution in [0.3, 0.4) is 0 Å². The smallest absolute Gasteiger partial charge is 0.242 e. The molecule has 0 saturated heterocycles. The first-order valence-electron chi connectivity index (χ1n) is 10.8.